The first-order chi connectivity index (χ1) is 9.20. The molecule has 1 amide bonds. The van der Waals surface area contributed by atoms with Crippen LogP contribution in [0.5, 0.6) is 0 Å². The van der Waals surface area contributed by atoms with Crippen molar-refractivity contribution in [3.8, 4) is 0 Å². The summed E-state index contributed by atoms with van der Waals surface area (Å²) in [6, 6.07) is 1.09. The molecule has 0 bridgehead atoms. The maximum Gasteiger partial charge on any atom is 0.225 e. The standard InChI is InChI=1S/C15H28N2O2/c1-3-16-12-6-8-13(9-7-12)17(2)15(18)11-14-5-4-10-19-14/h12-14,16H,3-11H2,1-2H3. The third-order valence-corrected chi connectivity index (χ3v) is 4.56. The van der Waals surface area contributed by atoms with E-state index in [2.05, 4.69) is 12.2 Å². The molecule has 2 rings (SSSR count). The van der Waals surface area contributed by atoms with Crippen LogP contribution in [-0.2, 0) is 9.53 Å². The van der Waals surface area contributed by atoms with Gasteiger partial charge in [0.05, 0.1) is 12.5 Å². The number of nitrogens with one attached hydrogen (secondary N) is 1. The lowest BCUT2D eigenvalue weighted by Crippen LogP contribution is -2.43. The fourth-order valence-corrected chi connectivity index (χ4v) is 3.30. The van der Waals surface area contributed by atoms with E-state index in [1.165, 1.54) is 12.8 Å². The van der Waals surface area contributed by atoms with Gasteiger partial charge in [-0.15, -0.1) is 0 Å². The van der Waals surface area contributed by atoms with Gasteiger partial charge in [0.2, 0.25) is 5.91 Å². The Kier molecular flexibility index (Phi) is 5.64. The molecule has 4 heteroatoms. The van der Waals surface area contributed by atoms with Gasteiger partial charge in [-0.2, -0.15) is 0 Å². The summed E-state index contributed by atoms with van der Waals surface area (Å²) in [7, 11) is 1.97. The van der Waals surface area contributed by atoms with E-state index in [1.54, 1.807) is 0 Å². The number of rotatable bonds is 5. The summed E-state index contributed by atoms with van der Waals surface area (Å²) >= 11 is 0. The van der Waals surface area contributed by atoms with Crippen molar-refractivity contribution in [2.75, 3.05) is 20.2 Å². The van der Waals surface area contributed by atoms with Crippen LogP contribution in [0.4, 0.5) is 0 Å². The highest BCUT2D eigenvalue weighted by Crippen LogP contribution is 2.24. The lowest BCUT2D eigenvalue weighted by molar-refractivity contribution is -0.134. The summed E-state index contributed by atoms with van der Waals surface area (Å²) in [5, 5.41) is 3.51. The molecule has 1 aliphatic heterocycles. The lowest BCUT2D eigenvalue weighted by atomic mass is 9.90. The number of ether oxygens (including phenoxy) is 1. The highest BCUT2D eigenvalue weighted by molar-refractivity contribution is 5.76. The van der Waals surface area contributed by atoms with E-state index in [4.69, 9.17) is 4.74 Å². The van der Waals surface area contributed by atoms with Crippen LogP contribution in [0.3, 0.4) is 0 Å². The molecule has 0 aromatic heterocycles. The second kappa shape index (κ2) is 7.25. The third-order valence-electron chi connectivity index (χ3n) is 4.56. The predicted molar refractivity (Wildman–Crippen MR) is 76.1 cm³/mol. The van der Waals surface area contributed by atoms with Crippen LogP contribution in [0.25, 0.3) is 0 Å². The fraction of sp³-hybridized carbons (Fsp3) is 0.933. The Bertz CT molecular complexity index is 282. The summed E-state index contributed by atoms with van der Waals surface area (Å²) in [6.45, 7) is 4.03. The van der Waals surface area contributed by atoms with Crippen molar-refractivity contribution in [2.24, 2.45) is 0 Å². The predicted octanol–water partition coefficient (Wildman–Crippen LogP) is 1.93. The van der Waals surface area contributed by atoms with Crippen LogP contribution in [-0.4, -0.2) is 49.2 Å². The molecule has 4 nitrogen and oxygen atoms in total. The molecule has 1 unspecified atom stereocenters. The molecule has 110 valence electrons. The van der Waals surface area contributed by atoms with Crippen LogP contribution >= 0.6 is 0 Å². The van der Waals surface area contributed by atoms with E-state index in [0.29, 0.717) is 18.5 Å². The molecule has 1 atom stereocenters. The normalized spacial score (nSPS) is 31.4. The summed E-state index contributed by atoms with van der Waals surface area (Å²) in [6.07, 6.45) is 7.54. The number of hydrogen-bond acceptors (Lipinski definition) is 3. The van der Waals surface area contributed by atoms with Crippen LogP contribution in [0.15, 0.2) is 0 Å². The first-order valence-electron chi connectivity index (χ1n) is 7.81. The van der Waals surface area contributed by atoms with Crippen molar-refractivity contribution < 1.29 is 9.53 Å². The first-order valence-corrected chi connectivity index (χ1v) is 7.81. The zero-order valence-electron chi connectivity index (χ0n) is 12.4. The molecule has 2 fully saturated rings. The van der Waals surface area contributed by atoms with Gasteiger partial charge in [-0.25, -0.2) is 0 Å². The molecular weight excluding hydrogens is 240 g/mol. The quantitative estimate of drug-likeness (QED) is 0.828. The van der Waals surface area contributed by atoms with E-state index in [0.717, 1.165) is 38.8 Å². The van der Waals surface area contributed by atoms with Gasteiger partial charge in [-0.3, -0.25) is 4.79 Å². The molecule has 1 saturated carbocycles. The van der Waals surface area contributed by atoms with E-state index >= 15 is 0 Å². The average Bonchev–Trinajstić information content (AvgIpc) is 2.92. The zero-order valence-corrected chi connectivity index (χ0v) is 12.4. The van der Waals surface area contributed by atoms with Gasteiger partial charge in [0, 0.05) is 25.7 Å². The molecule has 1 saturated heterocycles. The number of amides is 1. The van der Waals surface area contributed by atoms with Gasteiger partial charge in [0.1, 0.15) is 0 Å². The molecule has 0 radical (unpaired) electrons. The van der Waals surface area contributed by atoms with Crippen molar-refractivity contribution in [3.63, 3.8) is 0 Å². The highest BCUT2D eigenvalue weighted by Gasteiger charge is 2.28. The van der Waals surface area contributed by atoms with Crippen molar-refractivity contribution in [2.45, 2.75) is 70.1 Å². The minimum atomic E-state index is 0.174. The van der Waals surface area contributed by atoms with Crippen molar-refractivity contribution in [3.05, 3.63) is 0 Å². The Hall–Kier alpha value is -0.610. The second-order valence-electron chi connectivity index (χ2n) is 5.91. The summed E-state index contributed by atoms with van der Waals surface area (Å²) in [5.74, 6) is 0.263. The Morgan fingerprint density at radius 1 is 1.26 bits per heavy atom. The average molecular weight is 268 g/mol. The van der Waals surface area contributed by atoms with Gasteiger partial charge in [0.15, 0.2) is 0 Å². The Morgan fingerprint density at radius 3 is 2.58 bits per heavy atom. The highest BCUT2D eigenvalue weighted by atomic mass is 16.5. The topological polar surface area (TPSA) is 41.6 Å². The molecule has 0 aromatic carbocycles. The summed E-state index contributed by atoms with van der Waals surface area (Å²) < 4.78 is 5.55. The van der Waals surface area contributed by atoms with Crippen LogP contribution < -0.4 is 5.32 Å². The zero-order chi connectivity index (χ0) is 13.7. The minimum absolute atomic E-state index is 0.174. The van der Waals surface area contributed by atoms with Gasteiger partial charge in [-0.1, -0.05) is 6.92 Å². The van der Waals surface area contributed by atoms with E-state index in [9.17, 15) is 4.79 Å². The Balaban J connectivity index is 1.73. The minimum Gasteiger partial charge on any atom is -0.378 e. The molecular formula is C15H28N2O2. The lowest BCUT2D eigenvalue weighted by Gasteiger charge is -2.35. The second-order valence-corrected chi connectivity index (χ2v) is 5.91. The third kappa shape index (κ3) is 4.18. The van der Waals surface area contributed by atoms with Crippen molar-refractivity contribution in [1.82, 2.24) is 10.2 Å². The van der Waals surface area contributed by atoms with E-state index < -0.39 is 0 Å². The monoisotopic (exact) mass is 268 g/mol. The maximum atomic E-state index is 12.2. The van der Waals surface area contributed by atoms with Crippen molar-refractivity contribution in [1.29, 1.82) is 0 Å². The van der Waals surface area contributed by atoms with Gasteiger partial charge >= 0.3 is 0 Å². The SMILES string of the molecule is CCNC1CCC(N(C)C(=O)CC2CCCO2)CC1. The first kappa shape index (κ1) is 14.8. The van der Waals surface area contributed by atoms with Gasteiger partial charge in [-0.05, 0) is 45.1 Å². The molecule has 19 heavy (non-hydrogen) atoms. The number of hydrogen-bond donors (Lipinski definition) is 1. The molecule has 0 aromatic rings. The molecule has 1 heterocycles. The molecule has 0 spiro atoms. The Morgan fingerprint density at radius 2 is 2.00 bits per heavy atom. The number of nitrogens with zero attached hydrogens (tertiary/aromatic N) is 1. The van der Waals surface area contributed by atoms with Crippen LogP contribution in [0.2, 0.25) is 0 Å². The van der Waals surface area contributed by atoms with Crippen LogP contribution in [0, 0.1) is 0 Å². The van der Waals surface area contributed by atoms with Crippen LogP contribution in [0.1, 0.15) is 51.9 Å². The largest absolute Gasteiger partial charge is 0.378 e. The van der Waals surface area contributed by atoms with Gasteiger partial charge in [0.25, 0.3) is 0 Å². The van der Waals surface area contributed by atoms with Crippen molar-refractivity contribution >= 4 is 5.91 Å². The molecule has 1 aliphatic carbocycles. The Labute approximate surface area is 116 Å². The smallest absolute Gasteiger partial charge is 0.225 e. The maximum absolute atomic E-state index is 12.2. The van der Waals surface area contributed by atoms with E-state index in [1.807, 2.05) is 11.9 Å². The summed E-state index contributed by atoms with van der Waals surface area (Å²) in [5.41, 5.74) is 0. The molecule has 2 aliphatic rings. The molecule has 1 N–H and O–H groups in total. The van der Waals surface area contributed by atoms with E-state index in [-0.39, 0.29) is 12.0 Å². The summed E-state index contributed by atoms with van der Waals surface area (Å²) in [4.78, 5) is 14.2. The number of carbonyl (C=O) groups is 1. The number of carbonyl (C=O) groups excluding carboxylic acids is 1. The fourth-order valence-electron chi connectivity index (χ4n) is 3.30. The van der Waals surface area contributed by atoms with Gasteiger partial charge < -0.3 is 15.0 Å².